The van der Waals surface area contributed by atoms with Crippen LogP contribution in [0.4, 0.5) is 0 Å². The molecule has 0 aromatic carbocycles. The number of aliphatic hydroxyl groups is 2. The molecule has 0 heterocycles. The Kier molecular flexibility index (Phi) is 6.67. The number of hydrogen-bond donors (Lipinski definition) is 2. The smallest absolute Gasteiger partial charge is 0.303 e. The molecule has 2 saturated carbocycles. The molecule has 9 atom stereocenters. The summed E-state index contributed by atoms with van der Waals surface area (Å²) in [5.41, 5.74) is -6.35. The summed E-state index contributed by atoms with van der Waals surface area (Å²) in [5, 5.41) is 24.8. The van der Waals surface area contributed by atoms with E-state index in [-0.39, 0.29) is 11.1 Å². The van der Waals surface area contributed by atoms with Gasteiger partial charge in [0.2, 0.25) is 0 Å². The van der Waals surface area contributed by atoms with Crippen molar-refractivity contribution in [2.24, 2.45) is 29.1 Å². The number of hydrogen-bond acceptors (Lipinski definition) is 11. The number of esters is 4. The molecule has 0 unspecified atom stereocenters. The summed E-state index contributed by atoms with van der Waals surface area (Å²) in [6.45, 7) is 11.0. The molecule has 0 bridgehead atoms. The van der Waals surface area contributed by atoms with Gasteiger partial charge in [-0.1, -0.05) is 26.8 Å². The average Bonchev–Trinajstić information content (AvgIpc) is 3.20. The highest BCUT2D eigenvalue weighted by Crippen LogP contribution is 2.77. The minimum Gasteiger partial charge on any atom is -0.461 e. The standard InChI is InChI=1S/C28H36O11/c1-12-9-19-26(34,23(12)33)10-18(11-36-14(3)29)21(37-15(4)30)20-22-25(7,8)28(22,39-17(6)32)24(38-16(5)31)13(2)27(19,20)35/h9-10,13,19-22,24,34-35H,11H2,1-8H3/t13-,19-,20+,21+,22-,24-,26-,27+,28-/m1/s1. The lowest BCUT2D eigenvalue weighted by atomic mass is 9.57. The predicted octanol–water partition coefficient (Wildman–Crippen LogP) is 1.18. The molecule has 0 aromatic rings. The molecule has 4 rings (SSSR count). The molecule has 0 radical (unpaired) electrons. The van der Waals surface area contributed by atoms with Gasteiger partial charge in [-0.15, -0.1) is 0 Å². The van der Waals surface area contributed by atoms with Crippen LogP contribution in [0.15, 0.2) is 23.3 Å². The van der Waals surface area contributed by atoms with Crippen LogP contribution in [0.3, 0.4) is 0 Å². The van der Waals surface area contributed by atoms with E-state index in [0.29, 0.717) is 0 Å². The van der Waals surface area contributed by atoms with Gasteiger partial charge in [0.05, 0.1) is 5.60 Å². The highest BCUT2D eigenvalue weighted by molar-refractivity contribution is 6.06. The molecule has 11 heteroatoms. The largest absolute Gasteiger partial charge is 0.461 e. The van der Waals surface area contributed by atoms with Gasteiger partial charge in [0.15, 0.2) is 17.0 Å². The van der Waals surface area contributed by atoms with Crippen molar-refractivity contribution in [1.29, 1.82) is 0 Å². The van der Waals surface area contributed by atoms with Crippen LogP contribution in [-0.4, -0.2) is 75.5 Å². The maximum absolute atomic E-state index is 13.4. The number of fused-ring (bicyclic) bond motifs is 5. The van der Waals surface area contributed by atoms with Gasteiger partial charge in [0.25, 0.3) is 0 Å². The molecule has 0 amide bonds. The van der Waals surface area contributed by atoms with Crippen LogP contribution in [0.1, 0.15) is 55.4 Å². The Hall–Kier alpha value is -3.05. The third-order valence-electron chi connectivity index (χ3n) is 9.21. The second-order valence-electron chi connectivity index (χ2n) is 11.8. The molecule has 0 spiro atoms. The third-order valence-corrected chi connectivity index (χ3v) is 9.21. The van der Waals surface area contributed by atoms with Crippen molar-refractivity contribution in [3.8, 4) is 0 Å². The van der Waals surface area contributed by atoms with E-state index in [4.69, 9.17) is 18.9 Å². The van der Waals surface area contributed by atoms with Crippen LogP contribution in [0.5, 0.6) is 0 Å². The molecule has 11 nitrogen and oxygen atoms in total. The van der Waals surface area contributed by atoms with E-state index < -0.39 is 94.4 Å². The molecule has 214 valence electrons. The van der Waals surface area contributed by atoms with Crippen molar-refractivity contribution in [2.45, 2.75) is 84.4 Å². The van der Waals surface area contributed by atoms with Crippen molar-refractivity contribution in [3.63, 3.8) is 0 Å². The first-order valence-electron chi connectivity index (χ1n) is 12.9. The molecule has 0 saturated heterocycles. The minimum absolute atomic E-state index is 0.0998. The lowest BCUT2D eigenvalue weighted by Gasteiger charge is -2.54. The fourth-order valence-electron chi connectivity index (χ4n) is 7.79. The summed E-state index contributed by atoms with van der Waals surface area (Å²) >= 11 is 0. The monoisotopic (exact) mass is 548 g/mol. The second kappa shape index (κ2) is 8.99. The zero-order chi connectivity index (χ0) is 29.5. The molecule has 4 aliphatic carbocycles. The van der Waals surface area contributed by atoms with E-state index in [0.717, 1.165) is 0 Å². The van der Waals surface area contributed by atoms with E-state index in [1.807, 2.05) is 0 Å². The summed E-state index contributed by atoms with van der Waals surface area (Å²) in [4.78, 5) is 62.3. The summed E-state index contributed by atoms with van der Waals surface area (Å²) in [6, 6.07) is 0. The number of Topliss-reactive ketones (excluding diaryl/α,β-unsaturated/α-hetero) is 1. The number of carbonyl (C=O) groups excluding carboxylic acids is 5. The van der Waals surface area contributed by atoms with Crippen LogP contribution in [0, 0.1) is 29.1 Å². The highest BCUT2D eigenvalue weighted by Gasteiger charge is 2.89. The van der Waals surface area contributed by atoms with Crippen molar-refractivity contribution >= 4 is 29.7 Å². The zero-order valence-electron chi connectivity index (χ0n) is 23.4. The van der Waals surface area contributed by atoms with Crippen molar-refractivity contribution in [3.05, 3.63) is 23.3 Å². The van der Waals surface area contributed by atoms with Crippen LogP contribution < -0.4 is 0 Å². The Balaban J connectivity index is 2.05. The first kappa shape index (κ1) is 28.9. The summed E-state index contributed by atoms with van der Waals surface area (Å²) in [6.07, 6.45) is 0.226. The van der Waals surface area contributed by atoms with Gasteiger partial charge >= 0.3 is 23.9 Å². The summed E-state index contributed by atoms with van der Waals surface area (Å²) < 4.78 is 22.7. The van der Waals surface area contributed by atoms with Crippen LogP contribution in [0.25, 0.3) is 0 Å². The Bertz CT molecular complexity index is 1210. The quantitative estimate of drug-likeness (QED) is 0.288. The first-order valence-corrected chi connectivity index (χ1v) is 12.9. The average molecular weight is 549 g/mol. The molecule has 0 aliphatic heterocycles. The molecule has 2 N–H and O–H groups in total. The fourth-order valence-corrected chi connectivity index (χ4v) is 7.79. The van der Waals surface area contributed by atoms with Crippen molar-refractivity contribution in [2.75, 3.05) is 6.61 Å². The molecule has 0 aromatic heterocycles. The van der Waals surface area contributed by atoms with Gasteiger partial charge in [-0.2, -0.15) is 0 Å². The number of rotatable bonds is 5. The van der Waals surface area contributed by atoms with E-state index in [2.05, 4.69) is 0 Å². The molecular weight excluding hydrogens is 512 g/mol. The van der Waals surface area contributed by atoms with Crippen molar-refractivity contribution in [1.82, 2.24) is 0 Å². The van der Waals surface area contributed by atoms with E-state index >= 15 is 0 Å². The minimum atomic E-state index is -2.28. The summed E-state index contributed by atoms with van der Waals surface area (Å²) in [5.74, 6) is -7.50. The topological polar surface area (TPSA) is 163 Å². The van der Waals surface area contributed by atoms with Crippen LogP contribution in [-0.2, 0) is 42.9 Å². The van der Waals surface area contributed by atoms with Crippen LogP contribution >= 0.6 is 0 Å². The first-order chi connectivity index (χ1) is 17.9. The third kappa shape index (κ3) is 3.88. The fraction of sp³-hybridized carbons (Fsp3) is 0.679. The molecule has 39 heavy (non-hydrogen) atoms. The van der Waals surface area contributed by atoms with E-state index in [1.165, 1.54) is 46.8 Å². The molecular formula is C28H36O11. The SMILES string of the molecule is CC(=O)OCC1=C[C@]2(O)C(=O)C(C)=C[C@H]2[C@]2(O)[C@H]([C@@H]3C(C)(C)[C@]3(OC(C)=O)[C@H](OC(C)=O)[C@H]2C)[C@H]1OC(C)=O. The lowest BCUT2D eigenvalue weighted by Crippen LogP contribution is -2.68. The Morgan fingerprint density at radius 2 is 1.54 bits per heavy atom. The van der Waals surface area contributed by atoms with Gasteiger partial charge < -0.3 is 29.2 Å². The normalized spacial score (nSPS) is 41.4. The summed E-state index contributed by atoms with van der Waals surface area (Å²) in [7, 11) is 0. The Morgan fingerprint density at radius 1 is 0.949 bits per heavy atom. The Morgan fingerprint density at radius 3 is 2.05 bits per heavy atom. The van der Waals surface area contributed by atoms with Crippen LogP contribution in [0.2, 0.25) is 0 Å². The second-order valence-corrected chi connectivity index (χ2v) is 11.8. The lowest BCUT2D eigenvalue weighted by molar-refractivity contribution is -0.241. The molecule has 4 aliphatic rings. The van der Waals surface area contributed by atoms with Gasteiger partial charge in [-0.3, -0.25) is 24.0 Å². The number of ether oxygens (including phenoxy) is 4. The Labute approximate surface area is 226 Å². The maximum Gasteiger partial charge on any atom is 0.303 e. The predicted molar refractivity (Wildman–Crippen MR) is 132 cm³/mol. The zero-order valence-corrected chi connectivity index (χ0v) is 23.4. The van der Waals surface area contributed by atoms with Gasteiger partial charge in [-0.25, -0.2) is 0 Å². The maximum atomic E-state index is 13.4. The number of ketones is 1. The van der Waals surface area contributed by atoms with E-state index in [9.17, 15) is 34.2 Å². The van der Waals surface area contributed by atoms with Crippen molar-refractivity contribution < 1.29 is 53.1 Å². The highest BCUT2D eigenvalue weighted by atomic mass is 16.6. The molecule has 2 fully saturated rings. The van der Waals surface area contributed by atoms with Gasteiger partial charge in [-0.05, 0) is 18.6 Å². The number of carbonyl (C=O) groups is 5. The van der Waals surface area contributed by atoms with Gasteiger partial charge in [0.1, 0.15) is 18.8 Å². The van der Waals surface area contributed by atoms with Gasteiger partial charge in [0, 0.05) is 62.4 Å². The van der Waals surface area contributed by atoms with E-state index in [1.54, 1.807) is 20.8 Å².